The molecule has 3 rings (SSSR count). The Hall–Kier alpha value is -1.85. The zero-order valence-electron chi connectivity index (χ0n) is 14.3. The Morgan fingerprint density at radius 2 is 1.88 bits per heavy atom. The van der Waals surface area contributed by atoms with Gasteiger partial charge in [0.2, 0.25) is 0 Å². The molecule has 2 unspecified atom stereocenters. The van der Waals surface area contributed by atoms with E-state index in [1.54, 1.807) is 25.3 Å². The number of ether oxygens (including phenoxy) is 2. The first-order chi connectivity index (χ1) is 12.0. The molecule has 2 nitrogen and oxygen atoms in total. The molecule has 1 saturated heterocycles. The van der Waals surface area contributed by atoms with Crippen LogP contribution in [-0.4, -0.2) is 20.0 Å². The standard InChI is InChI=1S/C20H21F3O2/c1-3-12-4-5-13(10-17(12)21)15-7-8-16(20(23)19(15)22)14-6-9-18(24-2)25-11-14/h4-5,7-8,10,14,18H,3,6,9,11H2,1-2H3. The van der Waals surface area contributed by atoms with Crippen LogP contribution in [0.25, 0.3) is 11.1 Å². The highest BCUT2D eigenvalue weighted by Gasteiger charge is 2.27. The van der Waals surface area contributed by atoms with Gasteiger partial charge in [-0.25, -0.2) is 13.2 Å². The van der Waals surface area contributed by atoms with Crippen molar-refractivity contribution in [3.05, 3.63) is 58.9 Å². The number of halogens is 3. The van der Waals surface area contributed by atoms with Crippen molar-refractivity contribution in [1.82, 2.24) is 0 Å². The summed E-state index contributed by atoms with van der Waals surface area (Å²) in [7, 11) is 1.56. The van der Waals surface area contributed by atoms with Crippen LogP contribution in [-0.2, 0) is 15.9 Å². The molecule has 0 saturated carbocycles. The van der Waals surface area contributed by atoms with Crippen LogP contribution in [0.5, 0.6) is 0 Å². The number of hydrogen-bond acceptors (Lipinski definition) is 2. The van der Waals surface area contributed by atoms with Crippen molar-refractivity contribution in [2.45, 2.75) is 38.4 Å². The number of methoxy groups -OCH3 is 1. The van der Waals surface area contributed by atoms with E-state index in [0.717, 1.165) is 0 Å². The lowest BCUT2D eigenvalue weighted by Gasteiger charge is -2.28. The molecule has 1 heterocycles. The number of rotatable bonds is 4. The van der Waals surface area contributed by atoms with Gasteiger partial charge in [-0.15, -0.1) is 0 Å². The van der Waals surface area contributed by atoms with Crippen molar-refractivity contribution < 1.29 is 22.6 Å². The second kappa shape index (κ2) is 7.58. The van der Waals surface area contributed by atoms with Crippen molar-refractivity contribution >= 4 is 0 Å². The first-order valence-electron chi connectivity index (χ1n) is 8.46. The molecule has 0 bridgehead atoms. The predicted molar refractivity (Wildman–Crippen MR) is 89.9 cm³/mol. The van der Waals surface area contributed by atoms with E-state index in [1.165, 1.54) is 12.1 Å². The molecule has 0 spiro atoms. The smallest absolute Gasteiger partial charge is 0.166 e. The third kappa shape index (κ3) is 3.58. The van der Waals surface area contributed by atoms with Crippen LogP contribution in [0.1, 0.15) is 36.8 Å². The van der Waals surface area contributed by atoms with Crippen LogP contribution in [0.4, 0.5) is 13.2 Å². The molecular weight excluding hydrogens is 329 g/mol. The lowest BCUT2D eigenvalue weighted by molar-refractivity contribution is -0.151. The Bertz CT molecular complexity index is 753. The number of aryl methyl sites for hydroxylation is 1. The van der Waals surface area contributed by atoms with Gasteiger partial charge in [-0.05, 0) is 42.0 Å². The van der Waals surface area contributed by atoms with Gasteiger partial charge < -0.3 is 9.47 Å². The van der Waals surface area contributed by atoms with Crippen molar-refractivity contribution in [3.8, 4) is 11.1 Å². The minimum Gasteiger partial charge on any atom is -0.356 e. The lowest BCUT2D eigenvalue weighted by atomic mass is 9.90. The Labute approximate surface area is 145 Å². The SMILES string of the molecule is CCc1ccc(-c2ccc(C3CCC(OC)OC3)c(F)c2F)cc1F. The fraction of sp³-hybridized carbons (Fsp3) is 0.400. The summed E-state index contributed by atoms with van der Waals surface area (Å²) in [5.74, 6) is -2.46. The number of hydrogen-bond donors (Lipinski definition) is 0. The third-order valence-electron chi connectivity index (χ3n) is 4.79. The van der Waals surface area contributed by atoms with Crippen LogP contribution >= 0.6 is 0 Å². The quantitative estimate of drug-likeness (QED) is 0.754. The fourth-order valence-electron chi connectivity index (χ4n) is 3.26. The summed E-state index contributed by atoms with van der Waals surface area (Å²) in [5.41, 5.74) is 1.24. The summed E-state index contributed by atoms with van der Waals surface area (Å²) in [6, 6.07) is 7.56. The maximum Gasteiger partial charge on any atom is 0.166 e. The van der Waals surface area contributed by atoms with E-state index in [4.69, 9.17) is 9.47 Å². The molecule has 2 atom stereocenters. The Morgan fingerprint density at radius 3 is 2.48 bits per heavy atom. The zero-order chi connectivity index (χ0) is 18.0. The van der Waals surface area contributed by atoms with Crippen LogP contribution in [0, 0.1) is 17.5 Å². The summed E-state index contributed by atoms with van der Waals surface area (Å²) >= 11 is 0. The summed E-state index contributed by atoms with van der Waals surface area (Å²) in [6.45, 7) is 2.13. The fourth-order valence-corrected chi connectivity index (χ4v) is 3.26. The molecule has 0 N–H and O–H groups in total. The molecule has 1 aliphatic rings. The van der Waals surface area contributed by atoms with Crippen molar-refractivity contribution in [2.24, 2.45) is 0 Å². The van der Waals surface area contributed by atoms with Gasteiger partial charge in [-0.3, -0.25) is 0 Å². The number of benzene rings is 2. The minimum atomic E-state index is -0.949. The molecule has 2 aromatic carbocycles. The Balaban J connectivity index is 1.89. The first kappa shape index (κ1) is 18.0. The minimum absolute atomic E-state index is 0.0642. The van der Waals surface area contributed by atoms with Gasteiger partial charge in [0, 0.05) is 18.6 Å². The van der Waals surface area contributed by atoms with E-state index in [0.29, 0.717) is 36.0 Å². The van der Waals surface area contributed by atoms with E-state index in [1.807, 2.05) is 6.92 Å². The van der Waals surface area contributed by atoms with Gasteiger partial charge >= 0.3 is 0 Å². The monoisotopic (exact) mass is 350 g/mol. The van der Waals surface area contributed by atoms with E-state index >= 15 is 0 Å². The molecule has 1 aliphatic heterocycles. The largest absolute Gasteiger partial charge is 0.356 e. The predicted octanol–water partition coefficient (Wildman–Crippen LogP) is 5.20. The molecule has 2 aromatic rings. The van der Waals surface area contributed by atoms with Gasteiger partial charge in [0.15, 0.2) is 17.9 Å². The van der Waals surface area contributed by atoms with Gasteiger partial charge in [0.25, 0.3) is 0 Å². The molecule has 5 heteroatoms. The molecule has 134 valence electrons. The second-order valence-corrected chi connectivity index (χ2v) is 6.26. The van der Waals surface area contributed by atoms with Crippen molar-refractivity contribution in [1.29, 1.82) is 0 Å². The third-order valence-corrected chi connectivity index (χ3v) is 4.79. The molecule has 0 aliphatic carbocycles. The normalized spacial score (nSPS) is 20.7. The van der Waals surface area contributed by atoms with Crippen molar-refractivity contribution in [3.63, 3.8) is 0 Å². The first-order valence-corrected chi connectivity index (χ1v) is 8.46. The summed E-state index contributed by atoms with van der Waals surface area (Å²) < 4.78 is 53.8. The molecular formula is C20H21F3O2. The lowest BCUT2D eigenvalue weighted by Crippen LogP contribution is -2.26. The Kier molecular flexibility index (Phi) is 5.45. The zero-order valence-corrected chi connectivity index (χ0v) is 14.3. The molecule has 1 fully saturated rings. The maximum absolute atomic E-state index is 14.6. The molecule has 0 amide bonds. The van der Waals surface area contributed by atoms with Gasteiger partial charge in [0.1, 0.15) is 5.82 Å². The van der Waals surface area contributed by atoms with Crippen molar-refractivity contribution in [2.75, 3.05) is 13.7 Å². The van der Waals surface area contributed by atoms with Gasteiger partial charge in [0.05, 0.1) is 6.61 Å². The highest BCUT2D eigenvalue weighted by atomic mass is 19.2. The van der Waals surface area contributed by atoms with Gasteiger partial charge in [-0.1, -0.05) is 31.2 Å². The van der Waals surface area contributed by atoms with Crippen LogP contribution < -0.4 is 0 Å². The van der Waals surface area contributed by atoms with Crippen LogP contribution in [0.3, 0.4) is 0 Å². The van der Waals surface area contributed by atoms with Crippen LogP contribution in [0.2, 0.25) is 0 Å². The molecule has 0 radical (unpaired) electrons. The molecule has 25 heavy (non-hydrogen) atoms. The average molecular weight is 350 g/mol. The molecule has 0 aromatic heterocycles. The highest BCUT2D eigenvalue weighted by molar-refractivity contribution is 5.65. The summed E-state index contributed by atoms with van der Waals surface area (Å²) in [6.07, 6.45) is 1.55. The summed E-state index contributed by atoms with van der Waals surface area (Å²) in [5, 5.41) is 0. The van der Waals surface area contributed by atoms with Crippen LogP contribution in [0.15, 0.2) is 30.3 Å². The van der Waals surface area contributed by atoms with E-state index < -0.39 is 17.5 Å². The average Bonchev–Trinajstić information content (AvgIpc) is 2.64. The van der Waals surface area contributed by atoms with E-state index in [9.17, 15) is 13.2 Å². The maximum atomic E-state index is 14.6. The Morgan fingerprint density at radius 1 is 1.08 bits per heavy atom. The topological polar surface area (TPSA) is 18.5 Å². The van der Waals surface area contributed by atoms with Gasteiger partial charge in [-0.2, -0.15) is 0 Å². The highest BCUT2D eigenvalue weighted by Crippen LogP contribution is 2.34. The van der Waals surface area contributed by atoms with E-state index in [2.05, 4.69) is 0 Å². The van der Waals surface area contributed by atoms with E-state index in [-0.39, 0.29) is 24.4 Å². The second-order valence-electron chi connectivity index (χ2n) is 6.26. The summed E-state index contributed by atoms with van der Waals surface area (Å²) in [4.78, 5) is 0.